The molecule has 1 aromatic rings. The second-order valence-corrected chi connectivity index (χ2v) is 6.30. The summed E-state index contributed by atoms with van der Waals surface area (Å²) in [6.07, 6.45) is 3.60. The minimum absolute atomic E-state index is 0.551. The molecule has 0 fully saturated rings. The van der Waals surface area contributed by atoms with Crippen molar-refractivity contribution in [3.63, 3.8) is 0 Å². The Bertz CT molecular complexity index is 389. The quantitative estimate of drug-likeness (QED) is 0.849. The molecule has 0 radical (unpaired) electrons. The molecule has 1 nitrogen and oxygen atoms in total. The SMILES string of the molecule is CCCNC1c2cc(CC)ccc2CSC1CC. The van der Waals surface area contributed by atoms with E-state index in [4.69, 9.17) is 0 Å². The van der Waals surface area contributed by atoms with Crippen molar-refractivity contribution in [1.29, 1.82) is 0 Å². The molecule has 0 saturated heterocycles. The average molecular weight is 263 g/mol. The van der Waals surface area contributed by atoms with Crippen molar-refractivity contribution in [3.05, 3.63) is 34.9 Å². The molecule has 18 heavy (non-hydrogen) atoms. The fourth-order valence-corrected chi connectivity index (χ4v) is 4.00. The summed E-state index contributed by atoms with van der Waals surface area (Å²) in [5, 5.41) is 4.49. The number of aryl methyl sites for hydroxylation is 1. The Morgan fingerprint density at radius 2 is 2.11 bits per heavy atom. The molecule has 100 valence electrons. The van der Waals surface area contributed by atoms with Gasteiger partial charge in [-0.3, -0.25) is 0 Å². The lowest BCUT2D eigenvalue weighted by atomic mass is 9.94. The first-order valence-electron chi connectivity index (χ1n) is 7.26. The van der Waals surface area contributed by atoms with E-state index in [1.807, 2.05) is 0 Å². The third-order valence-electron chi connectivity index (χ3n) is 3.79. The summed E-state index contributed by atoms with van der Waals surface area (Å²) in [5.41, 5.74) is 4.57. The van der Waals surface area contributed by atoms with Crippen LogP contribution >= 0.6 is 11.8 Å². The first kappa shape index (κ1) is 14.0. The van der Waals surface area contributed by atoms with Crippen molar-refractivity contribution in [2.45, 2.75) is 57.1 Å². The van der Waals surface area contributed by atoms with E-state index in [0.717, 1.165) is 18.2 Å². The Labute approximate surface area is 116 Å². The highest BCUT2D eigenvalue weighted by Crippen LogP contribution is 2.39. The first-order valence-corrected chi connectivity index (χ1v) is 8.31. The molecule has 0 bridgehead atoms. The molecule has 2 heteroatoms. The number of fused-ring (bicyclic) bond motifs is 1. The monoisotopic (exact) mass is 263 g/mol. The van der Waals surface area contributed by atoms with Crippen molar-refractivity contribution in [2.75, 3.05) is 6.54 Å². The van der Waals surface area contributed by atoms with Gasteiger partial charge in [0, 0.05) is 17.0 Å². The number of nitrogens with one attached hydrogen (secondary N) is 1. The van der Waals surface area contributed by atoms with Crippen LogP contribution in [-0.4, -0.2) is 11.8 Å². The average Bonchev–Trinajstić information content (AvgIpc) is 2.43. The Balaban J connectivity index is 2.29. The topological polar surface area (TPSA) is 12.0 Å². The van der Waals surface area contributed by atoms with Crippen LogP contribution in [0.4, 0.5) is 0 Å². The molecule has 2 atom stereocenters. The standard InChI is InChI=1S/C16H25NS/c1-4-9-17-16-14-10-12(5-2)7-8-13(14)11-18-15(16)6-3/h7-8,10,15-17H,4-6,9,11H2,1-3H3. The predicted molar refractivity (Wildman–Crippen MR) is 82.2 cm³/mol. The van der Waals surface area contributed by atoms with Crippen molar-refractivity contribution < 1.29 is 0 Å². The normalized spacial score (nSPS) is 22.8. The van der Waals surface area contributed by atoms with Crippen LogP contribution < -0.4 is 5.32 Å². The smallest absolute Gasteiger partial charge is 0.0443 e. The van der Waals surface area contributed by atoms with Crippen molar-refractivity contribution >= 4 is 11.8 Å². The molecular weight excluding hydrogens is 238 g/mol. The summed E-state index contributed by atoms with van der Waals surface area (Å²) in [6.45, 7) is 7.92. The Kier molecular flexibility index (Phi) is 5.13. The molecular formula is C16H25NS. The Hall–Kier alpha value is -0.470. The van der Waals surface area contributed by atoms with Gasteiger partial charge >= 0.3 is 0 Å². The predicted octanol–water partition coefficient (Wildman–Crippen LogP) is 4.32. The lowest BCUT2D eigenvalue weighted by molar-refractivity contribution is 0.498. The summed E-state index contributed by atoms with van der Waals surface area (Å²) in [5.74, 6) is 1.18. The highest BCUT2D eigenvalue weighted by molar-refractivity contribution is 7.99. The zero-order chi connectivity index (χ0) is 13.0. The fourth-order valence-electron chi connectivity index (χ4n) is 2.67. The lowest BCUT2D eigenvalue weighted by Gasteiger charge is -2.34. The van der Waals surface area contributed by atoms with E-state index in [0.29, 0.717) is 6.04 Å². The van der Waals surface area contributed by atoms with Crippen LogP contribution in [0.5, 0.6) is 0 Å². The highest BCUT2D eigenvalue weighted by Gasteiger charge is 2.28. The maximum Gasteiger partial charge on any atom is 0.0443 e. The number of benzene rings is 1. The van der Waals surface area contributed by atoms with Crippen LogP contribution in [0.1, 0.15) is 56.3 Å². The van der Waals surface area contributed by atoms with E-state index in [1.54, 1.807) is 5.56 Å². The van der Waals surface area contributed by atoms with Gasteiger partial charge in [0.2, 0.25) is 0 Å². The molecule has 0 spiro atoms. The van der Waals surface area contributed by atoms with Crippen LogP contribution in [0.3, 0.4) is 0 Å². The molecule has 1 heterocycles. The minimum atomic E-state index is 0.551. The summed E-state index contributed by atoms with van der Waals surface area (Å²) >= 11 is 2.12. The highest BCUT2D eigenvalue weighted by atomic mass is 32.2. The van der Waals surface area contributed by atoms with Gasteiger partial charge in [-0.15, -0.1) is 0 Å². The molecule has 0 saturated carbocycles. The molecule has 1 aromatic carbocycles. The van der Waals surface area contributed by atoms with Gasteiger partial charge < -0.3 is 5.32 Å². The van der Waals surface area contributed by atoms with E-state index < -0.39 is 0 Å². The zero-order valence-electron chi connectivity index (χ0n) is 11.8. The zero-order valence-corrected chi connectivity index (χ0v) is 12.6. The largest absolute Gasteiger partial charge is 0.309 e. The van der Waals surface area contributed by atoms with Gasteiger partial charge in [-0.2, -0.15) is 11.8 Å². The second kappa shape index (κ2) is 6.63. The first-order chi connectivity index (χ1) is 8.80. The third kappa shape index (κ3) is 2.92. The molecule has 0 aromatic heterocycles. The number of hydrogen-bond acceptors (Lipinski definition) is 2. The van der Waals surface area contributed by atoms with E-state index in [1.165, 1.54) is 29.7 Å². The molecule has 2 rings (SSSR count). The second-order valence-electron chi connectivity index (χ2n) is 5.08. The van der Waals surface area contributed by atoms with Crippen LogP contribution in [0, 0.1) is 0 Å². The maximum absolute atomic E-state index is 3.76. The Morgan fingerprint density at radius 1 is 1.28 bits per heavy atom. The van der Waals surface area contributed by atoms with Gasteiger partial charge in [-0.05, 0) is 42.5 Å². The fraction of sp³-hybridized carbons (Fsp3) is 0.625. The van der Waals surface area contributed by atoms with Gasteiger partial charge in [-0.1, -0.05) is 39.0 Å². The van der Waals surface area contributed by atoms with Gasteiger partial charge in [0.1, 0.15) is 0 Å². The molecule has 1 aliphatic rings. The number of rotatable bonds is 5. The van der Waals surface area contributed by atoms with E-state index in [2.05, 4.69) is 56.0 Å². The summed E-state index contributed by atoms with van der Waals surface area (Å²) in [6, 6.07) is 7.62. The van der Waals surface area contributed by atoms with Crippen molar-refractivity contribution in [3.8, 4) is 0 Å². The van der Waals surface area contributed by atoms with Crippen molar-refractivity contribution in [2.24, 2.45) is 0 Å². The van der Waals surface area contributed by atoms with E-state index in [9.17, 15) is 0 Å². The molecule has 0 aliphatic carbocycles. The molecule has 0 amide bonds. The molecule has 2 unspecified atom stereocenters. The van der Waals surface area contributed by atoms with Crippen LogP contribution in [0.15, 0.2) is 18.2 Å². The molecule has 1 aliphatic heterocycles. The summed E-state index contributed by atoms with van der Waals surface area (Å²) in [4.78, 5) is 0. The molecule has 1 N–H and O–H groups in total. The third-order valence-corrected chi connectivity index (χ3v) is 5.31. The summed E-state index contributed by atoms with van der Waals surface area (Å²) < 4.78 is 0. The van der Waals surface area contributed by atoms with Crippen LogP contribution in [0.25, 0.3) is 0 Å². The van der Waals surface area contributed by atoms with Crippen LogP contribution in [-0.2, 0) is 12.2 Å². The van der Waals surface area contributed by atoms with Gasteiger partial charge in [-0.25, -0.2) is 0 Å². The maximum atomic E-state index is 3.76. The van der Waals surface area contributed by atoms with E-state index >= 15 is 0 Å². The lowest BCUT2D eigenvalue weighted by Crippen LogP contribution is -2.33. The summed E-state index contributed by atoms with van der Waals surface area (Å²) in [7, 11) is 0. The van der Waals surface area contributed by atoms with Gasteiger partial charge in [0.05, 0.1) is 0 Å². The van der Waals surface area contributed by atoms with Crippen LogP contribution in [0.2, 0.25) is 0 Å². The van der Waals surface area contributed by atoms with Crippen molar-refractivity contribution in [1.82, 2.24) is 5.32 Å². The van der Waals surface area contributed by atoms with Gasteiger partial charge in [0.25, 0.3) is 0 Å². The minimum Gasteiger partial charge on any atom is -0.309 e. The number of thioether (sulfide) groups is 1. The number of hydrogen-bond donors (Lipinski definition) is 1. The van der Waals surface area contributed by atoms with Gasteiger partial charge in [0.15, 0.2) is 0 Å². The van der Waals surface area contributed by atoms with E-state index in [-0.39, 0.29) is 0 Å². The Morgan fingerprint density at radius 3 is 2.78 bits per heavy atom.